The lowest BCUT2D eigenvalue weighted by Gasteiger charge is -2.32. The molecule has 0 amide bonds. The van der Waals surface area contributed by atoms with Crippen LogP contribution in [0.2, 0.25) is 0 Å². The molecular weight excluding hydrogens is 319 g/mol. The Morgan fingerprint density at radius 2 is 1.68 bits per heavy atom. The van der Waals surface area contributed by atoms with Crippen molar-refractivity contribution >= 4 is 18.6 Å². The lowest BCUT2D eigenvalue weighted by Crippen LogP contribution is -2.41. The highest BCUT2D eigenvalue weighted by atomic mass is 16.7. The Labute approximate surface area is 151 Å². The first kappa shape index (κ1) is 19.8. The number of hydrogen-bond acceptors (Lipinski definition) is 5. The summed E-state index contributed by atoms with van der Waals surface area (Å²) in [5, 5.41) is 0. The third-order valence-electron chi connectivity index (χ3n) is 4.59. The van der Waals surface area contributed by atoms with E-state index in [1.165, 1.54) is 0 Å². The maximum Gasteiger partial charge on any atom is 0.494 e. The summed E-state index contributed by atoms with van der Waals surface area (Å²) >= 11 is 0. The number of benzene rings is 1. The smallest absolute Gasteiger partial charge is 0.494 e. The van der Waals surface area contributed by atoms with Gasteiger partial charge in [0.1, 0.15) is 11.4 Å². The number of carbonyl (C=O) groups excluding carboxylic acids is 1. The van der Waals surface area contributed by atoms with E-state index in [1.807, 2.05) is 66.7 Å². The molecule has 1 aliphatic heterocycles. The Hall–Kier alpha value is -1.53. The van der Waals surface area contributed by atoms with Crippen LogP contribution in [0.5, 0.6) is 5.75 Å². The summed E-state index contributed by atoms with van der Waals surface area (Å²) in [7, 11) is 1.12. The van der Waals surface area contributed by atoms with Crippen LogP contribution in [0, 0.1) is 0 Å². The highest BCUT2D eigenvalue weighted by Gasteiger charge is 2.51. The van der Waals surface area contributed by atoms with E-state index in [1.54, 1.807) is 7.11 Å². The van der Waals surface area contributed by atoms with Crippen molar-refractivity contribution in [3.8, 4) is 5.75 Å². The fraction of sp³-hybridized carbons (Fsp3) is 0.632. The molecule has 0 saturated carbocycles. The Kier molecular flexibility index (Phi) is 5.27. The first-order chi connectivity index (χ1) is 11.3. The van der Waals surface area contributed by atoms with E-state index in [-0.39, 0.29) is 12.4 Å². The fourth-order valence-electron chi connectivity index (χ4n) is 2.57. The van der Waals surface area contributed by atoms with E-state index in [2.05, 4.69) is 0 Å². The van der Waals surface area contributed by atoms with Crippen molar-refractivity contribution in [2.45, 2.75) is 71.7 Å². The van der Waals surface area contributed by atoms with Crippen LogP contribution in [0.25, 0.3) is 0 Å². The molecule has 0 N–H and O–H groups in total. The first-order valence-corrected chi connectivity index (χ1v) is 8.59. The zero-order chi connectivity index (χ0) is 19.0. The minimum atomic E-state index is -0.507. The molecule has 1 fully saturated rings. The largest absolute Gasteiger partial charge is 0.496 e. The van der Waals surface area contributed by atoms with Gasteiger partial charge in [-0.2, -0.15) is 0 Å². The maximum atomic E-state index is 12.1. The van der Waals surface area contributed by atoms with Crippen molar-refractivity contribution in [1.29, 1.82) is 0 Å². The monoisotopic (exact) mass is 348 g/mol. The van der Waals surface area contributed by atoms with Crippen LogP contribution in [0.15, 0.2) is 18.2 Å². The Morgan fingerprint density at radius 1 is 1.12 bits per heavy atom. The minimum absolute atomic E-state index is 0.157. The van der Waals surface area contributed by atoms with Gasteiger partial charge in [0.2, 0.25) is 0 Å². The van der Waals surface area contributed by atoms with Crippen molar-refractivity contribution in [1.82, 2.24) is 0 Å². The van der Waals surface area contributed by atoms with Gasteiger partial charge in [-0.1, -0.05) is 12.1 Å². The van der Waals surface area contributed by atoms with E-state index in [0.29, 0.717) is 5.75 Å². The van der Waals surface area contributed by atoms with Gasteiger partial charge in [0.25, 0.3) is 0 Å². The normalized spacial score (nSPS) is 19.0. The molecule has 6 heteroatoms. The summed E-state index contributed by atoms with van der Waals surface area (Å²) in [5.41, 5.74) is 0.327. The molecule has 0 bridgehead atoms. The molecular formula is C19H29BO5. The van der Waals surface area contributed by atoms with Crippen LogP contribution in [-0.2, 0) is 25.3 Å². The van der Waals surface area contributed by atoms with E-state index in [4.69, 9.17) is 18.8 Å². The maximum absolute atomic E-state index is 12.1. The summed E-state index contributed by atoms with van der Waals surface area (Å²) in [6.07, 6.45) is 0.157. The van der Waals surface area contributed by atoms with Crippen molar-refractivity contribution in [3.05, 3.63) is 23.8 Å². The summed E-state index contributed by atoms with van der Waals surface area (Å²) in [5.74, 6) is 0.340. The molecule has 0 spiro atoms. The van der Waals surface area contributed by atoms with Gasteiger partial charge >= 0.3 is 13.1 Å². The molecule has 25 heavy (non-hydrogen) atoms. The number of carbonyl (C=O) groups is 1. The second kappa shape index (κ2) is 6.65. The number of hydrogen-bond donors (Lipinski definition) is 0. The van der Waals surface area contributed by atoms with Gasteiger partial charge in [-0.15, -0.1) is 0 Å². The SMILES string of the molecule is COc1cc(B2OC(C)(C)C(C)(C)O2)ccc1CC(=O)OC(C)(C)C. The molecule has 1 aromatic rings. The standard InChI is InChI=1S/C19H29BO5/c1-17(2,3)23-16(21)11-13-9-10-14(12-15(13)22-8)20-24-18(4,5)19(6,7)25-20/h9-10,12H,11H2,1-8H3. The molecule has 2 rings (SSSR count). The number of ether oxygens (including phenoxy) is 2. The van der Waals surface area contributed by atoms with E-state index >= 15 is 0 Å². The van der Waals surface area contributed by atoms with Crippen molar-refractivity contribution in [2.24, 2.45) is 0 Å². The molecule has 138 valence electrons. The second-order valence-corrected chi connectivity index (χ2v) is 8.42. The lowest BCUT2D eigenvalue weighted by atomic mass is 9.78. The zero-order valence-corrected chi connectivity index (χ0v) is 16.6. The molecule has 0 unspecified atom stereocenters. The molecule has 0 radical (unpaired) electrons. The highest BCUT2D eigenvalue weighted by molar-refractivity contribution is 6.62. The van der Waals surface area contributed by atoms with Gasteiger partial charge in [0.05, 0.1) is 24.7 Å². The Bertz CT molecular complexity index is 630. The van der Waals surface area contributed by atoms with Crippen molar-refractivity contribution in [2.75, 3.05) is 7.11 Å². The van der Waals surface area contributed by atoms with Crippen LogP contribution in [0.4, 0.5) is 0 Å². The third-order valence-corrected chi connectivity index (χ3v) is 4.59. The summed E-state index contributed by atoms with van der Waals surface area (Å²) < 4.78 is 23.0. The molecule has 1 saturated heterocycles. The number of methoxy groups -OCH3 is 1. The molecule has 1 aromatic carbocycles. The first-order valence-electron chi connectivity index (χ1n) is 8.59. The summed E-state index contributed by atoms with van der Waals surface area (Å²) in [6, 6.07) is 5.63. The van der Waals surface area contributed by atoms with Gasteiger partial charge < -0.3 is 18.8 Å². The van der Waals surface area contributed by atoms with E-state index in [9.17, 15) is 4.79 Å². The fourth-order valence-corrected chi connectivity index (χ4v) is 2.57. The summed E-state index contributed by atoms with van der Waals surface area (Å²) in [6.45, 7) is 13.6. The van der Waals surface area contributed by atoms with Gasteiger partial charge in [-0.25, -0.2) is 0 Å². The Balaban J connectivity index is 2.19. The number of rotatable bonds is 4. The van der Waals surface area contributed by atoms with Gasteiger partial charge in [-0.3, -0.25) is 4.79 Å². The second-order valence-electron chi connectivity index (χ2n) is 8.42. The quantitative estimate of drug-likeness (QED) is 0.619. The Morgan fingerprint density at radius 3 is 2.16 bits per heavy atom. The van der Waals surface area contributed by atoms with Crippen LogP contribution < -0.4 is 10.2 Å². The van der Waals surface area contributed by atoms with E-state index < -0.39 is 23.9 Å². The number of esters is 1. The molecule has 0 aliphatic carbocycles. The average molecular weight is 348 g/mol. The topological polar surface area (TPSA) is 54.0 Å². The molecule has 0 atom stereocenters. The zero-order valence-electron chi connectivity index (χ0n) is 16.6. The van der Waals surface area contributed by atoms with Crippen LogP contribution >= 0.6 is 0 Å². The molecule has 0 aromatic heterocycles. The minimum Gasteiger partial charge on any atom is -0.496 e. The van der Waals surface area contributed by atoms with Gasteiger partial charge in [-0.05, 0) is 60.0 Å². The van der Waals surface area contributed by atoms with Crippen molar-refractivity contribution in [3.63, 3.8) is 0 Å². The molecule has 1 heterocycles. The predicted octanol–water partition coefficient (Wildman–Crippen LogP) is 2.88. The highest BCUT2D eigenvalue weighted by Crippen LogP contribution is 2.36. The van der Waals surface area contributed by atoms with Gasteiger partial charge in [0.15, 0.2) is 0 Å². The van der Waals surface area contributed by atoms with Crippen molar-refractivity contribution < 1.29 is 23.6 Å². The van der Waals surface area contributed by atoms with Crippen LogP contribution in [0.1, 0.15) is 54.0 Å². The van der Waals surface area contributed by atoms with E-state index in [0.717, 1.165) is 11.0 Å². The summed E-state index contributed by atoms with van der Waals surface area (Å²) in [4.78, 5) is 12.1. The predicted molar refractivity (Wildman–Crippen MR) is 98.3 cm³/mol. The van der Waals surface area contributed by atoms with Gasteiger partial charge in [0, 0.05) is 5.56 Å². The van der Waals surface area contributed by atoms with Crippen LogP contribution in [-0.4, -0.2) is 37.0 Å². The average Bonchev–Trinajstić information content (AvgIpc) is 2.65. The lowest BCUT2D eigenvalue weighted by molar-refractivity contribution is -0.153. The van der Waals surface area contributed by atoms with Crippen LogP contribution in [0.3, 0.4) is 0 Å². The third kappa shape index (κ3) is 4.56. The molecule has 1 aliphatic rings. The molecule has 5 nitrogen and oxygen atoms in total.